The number of hydrogen-bond acceptors (Lipinski definition) is 4. The molecule has 1 aromatic carbocycles. The molecule has 1 fully saturated rings. The van der Waals surface area contributed by atoms with E-state index in [9.17, 15) is 14.7 Å². The summed E-state index contributed by atoms with van der Waals surface area (Å²) in [6, 6.07) is 9.86. The van der Waals surface area contributed by atoms with Crippen molar-refractivity contribution in [3.63, 3.8) is 0 Å². The van der Waals surface area contributed by atoms with E-state index in [1.165, 1.54) is 10.8 Å². The number of rotatable bonds is 4. The Morgan fingerprint density at radius 3 is 2.79 bits per heavy atom. The molecule has 0 radical (unpaired) electrons. The smallest absolute Gasteiger partial charge is 0.330 e. The van der Waals surface area contributed by atoms with E-state index in [1.807, 2.05) is 42.5 Å². The van der Waals surface area contributed by atoms with Crippen LogP contribution in [0.25, 0.3) is 6.08 Å². The molecular weight excluding hydrogens is 308 g/mol. The van der Waals surface area contributed by atoms with Crippen molar-refractivity contribution in [2.75, 3.05) is 6.61 Å². The Labute approximate surface area is 139 Å². The number of aryl methyl sites for hydroxylation is 1. The van der Waals surface area contributed by atoms with Gasteiger partial charge in [-0.05, 0) is 12.5 Å². The standard InChI is InChI=1S/C18H20N2O4/c1-12-10-20(18(23)19-17(12)22)16-9-14(15(11-21)24-16)8-7-13-5-3-2-4-6-13/h2-8,10,14-16,21H,9,11H2,1H3,(H,19,22,23)/b8-7+/t14-,15+,16+/m0/s1. The Balaban J connectivity index is 1.82. The van der Waals surface area contributed by atoms with Crippen molar-refractivity contribution in [1.82, 2.24) is 9.55 Å². The van der Waals surface area contributed by atoms with Gasteiger partial charge in [0.2, 0.25) is 0 Å². The maximum Gasteiger partial charge on any atom is 0.330 e. The summed E-state index contributed by atoms with van der Waals surface area (Å²) in [5.74, 6) is -0.0145. The molecule has 3 rings (SSSR count). The highest BCUT2D eigenvalue weighted by atomic mass is 16.5. The summed E-state index contributed by atoms with van der Waals surface area (Å²) in [4.78, 5) is 25.8. The van der Waals surface area contributed by atoms with Gasteiger partial charge in [-0.3, -0.25) is 14.3 Å². The van der Waals surface area contributed by atoms with Crippen LogP contribution in [0.3, 0.4) is 0 Å². The number of aliphatic hydroxyl groups excluding tert-OH is 1. The summed E-state index contributed by atoms with van der Waals surface area (Å²) in [6.45, 7) is 1.51. The Bertz CT molecular complexity index is 838. The van der Waals surface area contributed by atoms with Crippen LogP contribution < -0.4 is 11.2 Å². The SMILES string of the molecule is Cc1cn([C@H]2C[C@H](/C=C/c3ccccc3)[C@@H](CO)O2)c(=O)[nH]c1=O. The quantitative estimate of drug-likeness (QED) is 0.890. The molecular formula is C18H20N2O4. The number of nitrogens with one attached hydrogen (secondary N) is 1. The lowest BCUT2D eigenvalue weighted by molar-refractivity contribution is -0.0295. The first-order valence-corrected chi connectivity index (χ1v) is 7.90. The van der Waals surface area contributed by atoms with Crippen molar-refractivity contribution in [2.45, 2.75) is 25.7 Å². The molecule has 2 heterocycles. The van der Waals surface area contributed by atoms with Gasteiger partial charge in [-0.15, -0.1) is 0 Å². The van der Waals surface area contributed by atoms with Crippen LogP contribution in [0.1, 0.15) is 23.8 Å². The monoisotopic (exact) mass is 328 g/mol. The molecule has 2 aromatic rings. The van der Waals surface area contributed by atoms with E-state index in [0.29, 0.717) is 12.0 Å². The summed E-state index contributed by atoms with van der Waals surface area (Å²) >= 11 is 0. The lowest BCUT2D eigenvalue weighted by Crippen LogP contribution is -2.33. The second kappa shape index (κ2) is 6.98. The summed E-state index contributed by atoms with van der Waals surface area (Å²) in [5.41, 5.74) is 0.616. The zero-order chi connectivity index (χ0) is 17.1. The molecule has 1 aliphatic heterocycles. The molecule has 0 bridgehead atoms. The van der Waals surface area contributed by atoms with Gasteiger partial charge in [0.05, 0.1) is 12.7 Å². The molecule has 1 saturated heterocycles. The Kier molecular flexibility index (Phi) is 4.78. The first-order valence-electron chi connectivity index (χ1n) is 7.90. The van der Waals surface area contributed by atoms with Crippen molar-refractivity contribution in [3.8, 4) is 0 Å². The first-order chi connectivity index (χ1) is 11.6. The second-order valence-electron chi connectivity index (χ2n) is 5.96. The summed E-state index contributed by atoms with van der Waals surface area (Å²) in [5, 5.41) is 9.56. The highest BCUT2D eigenvalue weighted by Gasteiger charge is 2.34. The molecule has 6 heteroatoms. The predicted molar refractivity (Wildman–Crippen MR) is 90.6 cm³/mol. The molecule has 126 valence electrons. The van der Waals surface area contributed by atoms with E-state index in [2.05, 4.69) is 4.98 Å². The highest BCUT2D eigenvalue weighted by Crippen LogP contribution is 2.33. The molecule has 2 N–H and O–H groups in total. The third-order valence-corrected chi connectivity index (χ3v) is 4.25. The van der Waals surface area contributed by atoms with E-state index in [-0.39, 0.29) is 18.6 Å². The summed E-state index contributed by atoms with van der Waals surface area (Å²) in [7, 11) is 0. The number of benzene rings is 1. The predicted octanol–water partition coefficient (Wildman–Crippen LogP) is 1.45. The third kappa shape index (κ3) is 3.39. The fourth-order valence-electron chi connectivity index (χ4n) is 2.90. The molecule has 0 unspecified atom stereocenters. The molecule has 0 saturated carbocycles. The fourth-order valence-corrected chi connectivity index (χ4v) is 2.90. The van der Waals surface area contributed by atoms with Crippen LogP contribution in [0.15, 0.2) is 52.2 Å². The maximum atomic E-state index is 12.0. The van der Waals surface area contributed by atoms with Gasteiger partial charge in [0, 0.05) is 24.1 Å². The average Bonchev–Trinajstić information content (AvgIpc) is 3.00. The molecule has 0 amide bonds. The molecule has 0 spiro atoms. The largest absolute Gasteiger partial charge is 0.394 e. The van der Waals surface area contributed by atoms with E-state index < -0.39 is 17.5 Å². The lowest BCUT2D eigenvalue weighted by Gasteiger charge is -2.15. The minimum atomic E-state index is -0.504. The first kappa shape index (κ1) is 16.4. The van der Waals surface area contributed by atoms with Gasteiger partial charge in [0.25, 0.3) is 5.56 Å². The number of hydrogen-bond donors (Lipinski definition) is 2. The van der Waals surface area contributed by atoms with Crippen molar-refractivity contribution in [3.05, 3.63) is 74.6 Å². The van der Waals surface area contributed by atoms with Crippen molar-refractivity contribution in [2.24, 2.45) is 5.92 Å². The van der Waals surface area contributed by atoms with Gasteiger partial charge in [-0.2, -0.15) is 0 Å². The van der Waals surface area contributed by atoms with Crippen molar-refractivity contribution < 1.29 is 9.84 Å². The van der Waals surface area contributed by atoms with Crippen LogP contribution in [0.2, 0.25) is 0 Å². The Hall–Kier alpha value is -2.44. The van der Waals surface area contributed by atoms with Gasteiger partial charge in [0.1, 0.15) is 6.23 Å². The summed E-state index contributed by atoms with van der Waals surface area (Å²) in [6.07, 6.45) is 5.16. The molecule has 3 atom stereocenters. The lowest BCUT2D eigenvalue weighted by atomic mass is 9.99. The van der Waals surface area contributed by atoms with Crippen LogP contribution in [0.4, 0.5) is 0 Å². The van der Waals surface area contributed by atoms with Crippen molar-refractivity contribution in [1.29, 1.82) is 0 Å². The zero-order valence-corrected chi connectivity index (χ0v) is 13.4. The van der Waals surface area contributed by atoms with Gasteiger partial charge in [0.15, 0.2) is 0 Å². The van der Waals surface area contributed by atoms with Crippen LogP contribution in [0, 0.1) is 12.8 Å². The number of aliphatic hydroxyl groups is 1. The van der Waals surface area contributed by atoms with Gasteiger partial charge >= 0.3 is 5.69 Å². The Morgan fingerprint density at radius 1 is 1.33 bits per heavy atom. The normalized spacial score (nSPS) is 23.8. The van der Waals surface area contributed by atoms with E-state index >= 15 is 0 Å². The fraction of sp³-hybridized carbons (Fsp3) is 0.333. The third-order valence-electron chi connectivity index (χ3n) is 4.25. The zero-order valence-electron chi connectivity index (χ0n) is 13.4. The van der Waals surface area contributed by atoms with Gasteiger partial charge in [-0.1, -0.05) is 42.5 Å². The van der Waals surface area contributed by atoms with Gasteiger partial charge in [-0.25, -0.2) is 4.79 Å². The molecule has 6 nitrogen and oxygen atoms in total. The maximum absolute atomic E-state index is 12.0. The van der Waals surface area contributed by atoms with E-state index in [4.69, 9.17) is 4.74 Å². The Morgan fingerprint density at radius 2 is 2.08 bits per heavy atom. The van der Waals surface area contributed by atoms with Gasteiger partial charge < -0.3 is 9.84 Å². The van der Waals surface area contributed by atoms with E-state index in [0.717, 1.165) is 5.56 Å². The number of aromatic amines is 1. The van der Waals surface area contributed by atoms with Crippen LogP contribution in [-0.4, -0.2) is 27.4 Å². The molecule has 1 aliphatic rings. The number of ether oxygens (including phenoxy) is 1. The van der Waals surface area contributed by atoms with Crippen LogP contribution in [-0.2, 0) is 4.74 Å². The number of aromatic nitrogens is 2. The second-order valence-corrected chi connectivity index (χ2v) is 5.96. The number of nitrogens with zero attached hydrogens (tertiary/aromatic N) is 1. The molecule has 24 heavy (non-hydrogen) atoms. The molecule has 0 aliphatic carbocycles. The molecule has 1 aromatic heterocycles. The highest BCUT2D eigenvalue weighted by molar-refractivity contribution is 5.49. The van der Waals surface area contributed by atoms with Crippen LogP contribution in [0.5, 0.6) is 0 Å². The minimum Gasteiger partial charge on any atom is -0.394 e. The van der Waals surface area contributed by atoms with E-state index in [1.54, 1.807) is 6.92 Å². The number of H-pyrrole nitrogens is 1. The topological polar surface area (TPSA) is 84.3 Å². The summed E-state index contributed by atoms with van der Waals surface area (Å²) < 4.78 is 7.20. The van der Waals surface area contributed by atoms with Crippen molar-refractivity contribution >= 4 is 6.08 Å². The van der Waals surface area contributed by atoms with Crippen LogP contribution >= 0.6 is 0 Å². The minimum absolute atomic E-state index is 0.0145. The average molecular weight is 328 g/mol.